The average Bonchev–Trinajstić information content (AvgIpc) is 2.27. The van der Waals surface area contributed by atoms with E-state index in [0.29, 0.717) is 25.9 Å². The lowest BCUT2D eigenvalue weighted by Gasteiger charge is -2.31. The molecule has 0 amide bonds. The average molecular weight is 255 g/mol. The molecule has 0 spiro atoms. The predicted octanol–water partition coefficient (Wildman–Crippen LogP) is 0.981. The lowest BCUT2D eigenvalue weighted by molar-refractivity contribution is -0.325. The number of amidine groups is 1. The fourth-order valence-electron chi connectivity index (χ4n) is 1.82. The van der Waals surface area contributed by atoms with Gasteiger partial charge in [-0.2, -0.15) is 0 Å². The number of hydrogen-bond donors (Lipinski definition) is 2. The van der Waals surface area contributed by atoms with Crippen LogP contribution in [0, 0.1) is 5.92 Å². The first-order valence-electron chi connectivity index (χ1n) is 5.33. The van der Waals surface area contributed by atoms with Gasteiger partial charge in [0.1, 0.15) is 5.84 Å². The second-order valence-electron chi connectivity index (χ2n) is 3.93. The number of piperidine rings is 1. The van der Waals surface area contributed by atoms with Gasteiger partial charge in [-0.15, -0.1) is 13.2 Å². The van der Waals surface area contributed by atoms with E-state index in [2.05, 4.69) is 9.89 Å². The molecule has 0 bridgehead atoms. The highest BCUT2D eigenvalue weighted by Crippen LogP contribution is 2.18. The smallest absolute Gasteiger partial charge is 0.409 e. The minimum absolute atomic E-state index is 0.0137. The summed E-state index contributed by atoms with van der Waals surface area (Å²) in [6.07, 6.45) is -3.20. The van der Waals surface area contributed by atoms with Gasteiger partial charge in [-0.25, -0.2) is 0 Å². The van der Waals surface area contributed by atoms with E-state index in [9.17, 15) is 13.2 Å². The highest BCUT2D eigenvalue weighted by atomic mass is 19.4. The third kappa shape index (κ3) is 5.22. The molecule has 100 valence electrons. The van der Waals surface area contributed by atoms with Gasteiger partial charge in [0.15, 0.2) is 0 Å². The van der Waals surface area contributed by atoms with Crippen LogP contribution in [0.25, 0.3) is 0 Å². The summed E-state index contributed by atoms with van der Waals surface area (Å²) in [4.78, 5) is 1.87. The van der Waals surface area contributed by atoms with Crippen LogP contribution in [0.2, 0.25) is 0 Å². The Morgan fingerprint density at radius 1 is 1.41 bits per heavy atom. The molecule has 1 aliphatic heterocycles. The number of oxime groups is 1. The third-order valence-corrected chi connectivity index (χ3v) is 2.79. The number of nitrogens with two attached hydrogens (primary N) is 1. The number of halogens is 3. The molecule has 17 heavy (non-hydrogen) atoms. The molecule has 0 radical (unpaired) electrons. The molecule has 0 unspecified atom stereocenters. The molecule has 0 saturated carbocycles. The van der Waals surface area contributed by atoms with Crippen LogP contribution >= 0.6 is 0 Å². The number of likely N-dealkylation sites (tertiary alicyclic amines) is 1. The van der Waals surface area contributed by atoms with Crippen LogP contribution in [-0.2, 0) is 4.74 Å². The van der Waals surface area contributed by atoms with Gasteiger partial charge < -0.3 is 15.8 Å². The Morgan fingerprint density at radius 2 is 2.00 bits per heavy atom. The standard InChI is InChI=1S/C9H16F3N3O2/c10-9(11,12)17-6-5-15-3-1-7(2-4-15)8(13)14-16/h7,16H,1-6H2,(H2,13,14). The van der Waals surface area contributed by atoms with Crippen molar-refractivity contribution in [2.24, 2.45) is 16.8 Å². The van der Waals surface area contributed by atoms with E-state index in [4.69, 9.17) is 10.9 Å². The summed E-state index contributed by atoms with van der Waals surface area (Å²) in [5.74, 6) is 0.205. The number of ether oxygens (including phenoxy) is 1. The van der Waals surface area contributed by atoms with E-state index in [0.717, 1.165) is 0 Å². The van der Waals surface area contributed by atoms with Gasteiger partial charge in [-0.3, -0.25) is 4.74 Å². The quantitative estimate of drug-likeness (QED) is 0.340. The summed E-state index contributed by atoms with van der Waals surface area (Å²) < 4.78 is 38.9. The van der Waals surface area contributed by atoms with Crippen molar-refractivity contribution < 1.29 is 23.1 Å². The normalized spacial score (nSPS) is 20.8. The lowest BCUT2D eigenvalue weighted by atomic mass is 9.96. The summed E-state index contributed by atoms with van der Waals surface area (Å²) in [6, 6.07) is 0. The van der Waals surface area contributed by atoms with Crippen LogP contribution in [0.4, 0.5) is 13.2 Å². The maximum absolute atomic E-state index is 11.7. The van der Waals surface area contributed by atoms with Crippen LogP contribution in [-0.4, -0.2) is 48.5 Å². The maximum atomic E-state index is 11.7. The Hall–Kier alpha value is -1.02. The summed E-state index contributed by atoms with van der Waals surface area (Å²) in [5, 5.41) is 11.4. The van der Waals surface area contributed by atoms with Gasteiger partial charge in [-0.1, -0.05) is 5.16 Å². The van der Waals surface area contributed by atoms with E-state index in [1.807, 2.05) is 4.90 Å². The van der Waals surface area contributed by atoms with E-state index in [-0.39, 0.29) is 24.9 Å². The minimum Gasteiger partial charge on any atom is -0.409 e. The molecule has 1 fully saturated rings. The number of hydrogen-bond acceptors (Lipinski definition) is 4. The lowest BCUT2D eigenvalue weighted by Crippen LogP contribution is -2.40. The third-order valence-electron chi connectivity index (χ3n) is 2.79. The van der Waals surface area contributed by atoms with Gasteiger partial charge in [-0.05, 0) is 25.9 Å². The first kappa shape index (κ1) is 14.0. The van der Waals surface area contributed by atoms with Gasteiger partial charge >= 0.3 is 6.36 Å². The molecule has 1 heterocycles. The second kappa shape index (κ2) is 6.06. The van der Waals surface area contributed by atoms with Gasteiger partial charge in [0, 0.05) is 12.5 Å². The molecule has 0 aromatic rings. The Morgan fingerprint density at radius 3 is 2.47 bits per heavy atom. The van der Waals surface area contributed by atoms with Crippen molar-refractivity contribution in [2.45, 2.75) is 19.2 Å². The van der Waals surface area contributed by atoms with Crippen LogP contribution in [0.3, 0.4) is 0 Å². The van der Waals surface area contributed by atoms with Crippen molar-refractivity contribution in [1.29, 1.82) is 0 Å². The number of rotatable bonds is 4. The molecule has 8 heteroatoms. The minimum atomic E-state index is -4.56. The summed E-state index contributed by atoms with van der Waals surface area (Å²) in [6.45, 7) is 1.13. The first-order valence-corrected chi connectivity index (χ1v) is 5.33. The molecule has 1 rings (SSSR count). The highest BCUT2D eigenvalue weighted by molar-refractivity contribution is 5.82. The molecule has 5 nitrogen and oxygen atoms in total. The van der Waals surface area contributed by atoms with Crippen molar-refractivity contribution >= 4 is 5.84 Å². The number of nitrogens with zero attached hydrogens (tertiary/aromatic N) is 2. The highest BCUT2D eigenvalue weighted by Gasteiger charge is 2.29. The Labute approximate surface area is 97.0 Å². The Bertz CT molecular complexity index is 263. The van der Waals surface area contributed by atoms with Crippen molar-refractivity contribution in [1.82, 2.24) is 4.90 Å². The molecule has 0 atom stereocenters. The van der Waals surface area contributed by atoms with E-state index in [1.54, 1.807) is 0 Å². The van der Waals surface area contributed by atoms with E-state index >= 15 is 0 Å². The monoisotopic (exact) mass is 255 g/mol. The predicted molar refractivity (Wildman–Crippen MR) is 54.6 cm³/mol. The van der Waals surface area contributed by atoms with Crippen LogP contribution in [0.5, 0.6) is 0 Å². The van der Waals surface area contributed by atoms with Gasteiger partial charge in [0.25, 0.3) is 0 Å². The summed E-state index contributed by atoms with van der Waals surface area (Å²) in [5.41, 5.74) is 5.46. The molecular weight excluding hydrogens is 239 g/mol. The Balaban J connectivity index is 2.19. The van der Waals surface area contributed by atoms with E-state index in [1.165, 1.54) is 0 Å². The van der Waals surface area contributed by atoms with E-state index < -0.39 is 6.36 Å². The number of alkyl halides is 3. The first-order chi connectivity index (χ1) is 7.92. The summed E-state index contributed by atoms with van der Waals surface area (Å²) in [7, 11) is 0. The molecular formula is C9H16F3N3O2. The largest absolute Gasteiger partial charge is 0.522 e. The zero-order chi connectivity index (χ0) is 12.9. The van der Waals surface area contributed by atoms with Crippen molar-refractivity contribution in [3.8, 4) is 0 Å². The molecule has 1 saturated heterocycles. The summed E-state index contributed by atoms with van der Waals surface area (Å²) >= 11 is 0. The SMILES string of the molecule is NC(=NO)C1CCN(CCOC(F)(F)F)CC1. The van der Waals surface area contributed by atoms with Crippen LogP contribution in [0.1, 0.15) is 12.8 Å². The maximum Gasteiger partial charge on any atom is 0.522 e. The van der Waals surface area contributed by atoms with Crippen molar-refractivity contribution in [3.05, 3.63) is 0 Å². The van der Waals surface area contributed by atoms with Crippen LogP contribution in [0.15, 0.2) is 5.16 Å². The zero-order valence-corrected chi connectivity index (χ0v) is 9.28. The molecule has 3 N–H and O–H groups in total. The molecule has 0 aliphatic carbocycles. The Kier molecular flexibility index (Phi) is 5.01. The zero-order valence-electron chi connectivity index (χ0n) is 9.28. The molecule has 1 aliphatic rings. The van der Waals surface area contributed by atoms with Gasteiger partial charge in [0.2, 0.25) is 0 Å². The van der Waals surface area contributed by atoms with Crippen LogP contribution < -0.4 is 5.73 Å². The van der Waals surface area contributed by atoms with Crippen molar-refractivity contribution in [2.75, 3.05) is 26.2 Å². The fourth-order valence-corrected chi connectivity index (χ4v) is 1.82. The van der Waals surface area contributed by atoms with Crippen molar-refractivity contribution in [3.63, 3.8) is 0 Å². The molecule has 0 aromatic heterocycles. The molecule has 0 aromatic carbocycles. The fraction of sp³-hybridized carbons (Fsp3) is 0.889. The van der Waals surface area contributed by atoms with Gasteiger partial charge in [0.05, 0.1) is 6.61 Å². The second-order valence-corrected chi connectivity index (χ2v) is 3.93. The topological polar surface area (TPSA) is 71.1 Å².